The highest BCUT2D eigenvalue weighted by atomic mass is 16.2. The second-order valence-corrected chi connectivity index (χ2v) is 7.92. The summed E-state index contributed by atoms with van der Waals surface area (Å²) in [6.45, 7) is 8.48. The summed E-state index contributed by atoms with van der Waals surface area (Å²) in [6.07, 6.45) is 1.60. The molecule has 1 fully saturated rings. The van der Waals surface area contributed by atoms with Crippen molar-refractivity contribution in [3.05, 3.63) is 40.2 Å². The van der Waals surface area contributed by atoms with Crippen LogP contribution in [-0.2, 0) is 0 Å². The van der Waals surface area contributed by atoms with Gasteiger partial charge >= 0.3 is 0 Å². The Morgan fingerprint density at radius 3 is 2.46 bits per heavy atom. The van der Waals surface area contributed by atoms with Gasteiger partial charge in [0.05, 0.1) is 5.52 Å². The lowest BCUT2D eigenvalue weighted by Crippen LogP contribution is -2.62. The van der Waals surface area contributed by atoms with Crippen molar-refractivity contribution in [2.24, 2.45) is 0 Å². The van der Waals surface area contributed by atoms with Gasteiger partial charge in [-0.05, 0) is 52.7 Å². The van der Waals surface area contributed by atoms with Crippen LogP contribution in [-0.4, -0.2) is 33.2 Å². The first-order valence-electron chi connectivity index (χ1n) is 8.25. The lowest BCUT2D eigenvalue weighted by atomic mass is 9.79. The fourth-order valence-corrected chi connectivity index (χ4v) is 3.91. The summed E-state index contributed by atoms with van der Waals surface area (Å²) in [6, 6.07) is 7.05. The zero-order valence-corrected chi connectivity index (χ0v) is 14.6. The molecule has 1 aromatic carbocycles. The molecule has 1 amide bonds. The first-order chi connectivity index (χ1) is 11.2. The molecule has 6 heteroatoms. The number of nitrogens with zero attached hydrogens (tertiary/aromatic N) is 1. The number of rotatable bonds is 2. The Morgan fingerprint density at radius 1 is 1.17 bits per heavy atom. The average Bonchev–Trinajstić information content (AvgIpc) is 2.44. The Kier molecular flexibility index (Phi) is 3.95. The largest absolute Gasteiger partial charge is 0.348 e. The number of fused-ring (bicyclic) bond motifs is 1. The number of amides is 1. The molecule has 1 aromatic heterocycles. The zero-order chi connectivity index (χ0) is 17.5. The number of carbonyl (C=O) groups is 1. The van der Waals surface area contributed by atoms with E-state index in [9.17, 15) is 9.59 Å². The van der Waals surface area contributed by atoms with Gasteiger partial charge in [0.1, 0.15) is 0 Å². The van der Waals surface area contributed by atoms with Crippen LogP contribution in [0.3, 0.4) is 0 Å². The number of para-hydroxylation sites is 1. The van der Waals surface area contributed by atoms with Gasteiger partial charge < -0.3 is 10.6 Å². The Hall–Kier alpha value is -2.21. The lowest BCUT2D eigenvalue weighted by molar-refractivity contribution is 0.0866. The molecule has 2 heterocycles. The highest BCUT2D eigenvalue weighted by Gasteiger charge is 2.38. The molecule has 0 atom stereocenters. The number of benzene rings is 1. The van der Waals surface area contributed by atoms with Gasteiger partial charge in [0.25, 0.3) is 5.91 Å². The predicted octanol–water partition coefficient (Wildman–Crippen LogP) is 1.96. The van der Waals surface area contributed by atoms with Crippen LogP contribution in [0, 0.1) is 0 Å². The van der Waals surface area contributed by atoms with E-state index in [0.29, 0.717) is 10.9 Å². The van der Waals surface area contributed by atoms with Crippen LogP contribution in [0.4, 0.5) is 0 Å². The Labute approximate surface area is 141 Å². The van der Waals surface area contributed by atoms with E-state index >= 15 is 0 Å². The van der Waals surface area contributed by atoms with Gasteiger partial charge in [0.15, 0.2) is 5.69 Å². The minimum absolute atomic E-state index is 0.00331. The number of aromatic nitrogens is 2. The third-order valence-electron chi connectivity index (χ3n) is 4.42. The summed E-state index contributed by atoms with van der Waals surface area (Å²) < 4.78 is 0. The Bertz CT molecular complexity index is 822. The second-order valence-electron chi connectivity index (χ2n) is 7.92. The molecule has 0 spiro atoms. The highest BCUT2D eigenvalue weighted by molar-refractivity contribution is 5.95. The Balaban J connectivity index is 1.85. The van der Waals surface area contributed by atoms with E-state index in [1.54, 1.807) is 18.2 Å². The maximum Gasteiger partial charge on any atom is 0.276 e. The average molecular weight is 328 g/mol. The summed E-state index contributed by atoms with van der Waals surface area (Å²) in [4.78, 5) is 25.1. The minimum Gasteiger partial charge on any atom is -0.348 e. The predicted molar refractivity (Wildman–Crippen MR) is 94.1 cm³/mol. The molecule has 0 unspecified atom stereocenters. The van der Waals surface area contributed by atoms with E-state index in [1.165, 1.54) is 0 Å². The maximum absolute atomic E-state index is 12.6. The molecule has 128 valence electrons. The van der Waals surface area contributed by atoms with E-state index in [-0.39, 0.29) is 28.2 Å². The molecular weight excluding hydrogens is 304 g/mol. The smallest absolute Gasteiger partial charge is 0.276 e. The lowest BCUT2D eigenvalue weighted by Gasteiger charge is -2.46. The second kappa shape index (κ2) is 5.70. The molecule has 6 nitrogen and oxygen atoms in total. The van der Waals surface area contributed by atoms with E-state index in [4.69, 9.17) is 0 Å². The molecular formula is C18H24N4O2. The third kappa shape index (κ3) is 3.33. The van der Waals surface area contributed by atoms with E-state index in [1.807, 2.05) is 6.07 Å². The molecule has 0 radical (unpaired) electrons. The number of hydrogen-bond donors (Lipinski definition) is 3. The van der Waals surface area contributed by atoms with Crippen molar-refractivity contribution < 1.29 is 4.79 Å². The molecule has 0 saturated carbocycles. The summed E-state index contributed by atoms with van der Waals surface area (Å²) in [7, 11) is 0. The zero-order valence-electron chi connectivity index (χ0n) is 14.6. The first kappa shape index (κ1) is 16.6. The SMILES string of the molecule is CC1(C)CC(NC(=O)c2n[nH]c3ccccc3c2=O)CC(C)(C)N1. The minimum atomic E-state index is -0.416. The number of nitrogens with one attached hydrogen (secondary N) is 3. The molecule has 0 aliphatic carbocycles. The van der Waals surface area contributed by atoms with Gasteiger partial charge in [-0.15, -0.1) is 0 Å². The van der Waals surface area contributed by atoms with Crippen LogP contribution in [0.25, 0.3) is 10.9 Å². The molecule has 3 rings (SSSR count). The summed E-state index contributed by atoms with van der Waals surface area (Å²) in [5.41, 5.74) is 0.0478. The van der Waals surface area contributed by atoms with Crippen LogP contribution in [0.2, 0.25) is 0 Å². The Morgan fingerprint density at radius 2 is 1.79 bits per heavy atom. The number of piperidine rings is 1. The van der Waals surface area contributed by atoms with Gasteiger partial charge in [-0.2, -0.15) is 5.10 Å². The van der Waals surface area contributed by atoms with Crippen molar-refractivity contribution in [2.75, 3.05) is 0 Å². The maximum atomic E-state index is 12.6. The number of carbonyl (C=O) groups excluding carboxylic acids is 1. The fourth-order valence-electron chi connectivity index (χ4n) is 3.91. The fraction of sp³-hybridized carbons (Fsp3) is 0.500. The van der Waals surface area contributed by atoms with Crippen molar-refractivity contribution in [2.45, 2.75) is 57.7 Å². The molecule has 3 N–H and O–H groups in total. The van der Waals surface area contributed by atoms with Crippen LogP contribution in [0.5, 0.6) is 0 Å². The van der Waals surface area contributed by atoms with Crippen molar-refractivity contribution in [3.63, 3.8) is 0 Å². The molecule has 24 heavy (non-hydrogen) atoms. The highest BCUT2D eigenvalue weighted by Crippen LogP contribution is 2.28. The summed E-state index contributed by atoms with van der Waals surface area (Å²) >= 11 is 0. The van der Waals surface area contributed by atoms with Gasteiger partial charge in [-0.3, -0.25) is 14.7 Å². The van der Waals surface area contributed by atoms with Crippen LogP contribution >= 0.6 is 0 Å². The first-order valence-corrected chi connectivity index (χ1v) is 8.25. The van der Waals surface area contributed by atoms with Crippen molar-refractivity contribution in [3.8, 4) is 0 Å². The molecule has 1 aliphatic heterocycles. The molecule has 1 saturated heterocycles. The van der Waals surface area contributed by atoms with E-state index in [0.717, 1.165) is 12.8 Å². The summed E-state index contributed by atoms with van der Waals surface area (Å²) in [5.74, 6) is -0.416. The van der Waals surface area contributed by atoms with Gasteiger partial charge in [0.2, 0.25) is 5.43 Å². The van der Waals surface area contributed by atoms with Crippen LogP contribution in [0.1, 0.15) is 51.0 Å². The monoisotopic (exact) mass is 328 g/mol. The third-order valence-corrected chi connectivity index (χ3v) is 4.42. The molecule has 2 aromatic rings. The quantitative estimate of drug-likeness (QED) is 0.786. The normalized spacial score (nSPS) is 20.0. The number of aromatic amines is 1. The van der Waals surface area contributed by atoms with Crippen LogP contribution < -0.4 is 16.1 Å². The number of hydrogen-bond acceptors (Lipinski definition) is 4. The van der Waals surface area contributed by atoms with Gasteiger partial charge in [0, 0.05) is 22.5 Å². The van der Waals surface area contributed by atoms with Gasteiger partial charge in [-0.1, -0.05) is 12.1 Å². The molecule has 0 bridgehead atoms. The standard InChI is InChI=1S/C18H24N4O2/c1-17(2)9-11(10-18(3,4)22-17)19-16(24)14-15(23)12-7-5-6-8-13(12)20-21-14/h5-8,11,22H,9-10H2,1-4H3,(H,19,24)(H,20,23). The van der Waals surface area contributed by atoms with Gasteiger partial charge in [-0.25, -0.2) is 0 Å². The van der Waals surface area contributed by atoms with E-state index in [2.05, 4.69) is 48.5 Å². The van der Waals surface area contributed by atoms with E-state index < -0.39 is 5.91 Å². The van der Waals surface area contributed by atoms with Crippen molar-refractivity contribution in [1.29, 1.82) is 0 Å². The summed E-state index contributed by atoms with van der Waals surface area (Å²) in [5, 5.41) is 13.8. The van der Waals surface area contributed by atoms with Crippen molar-refractivity contribution in [1.82, 2.24) is 20.8 Å². The topological polar surface area (TPSA) is 86.9 Å². The van der Waals surface area contributed by atoms with Crippen molar-refractivity contribution >= 4 is 16.8 Å². The number of H-pyrrole nitrogens is 1. The van der Waals surface area contributed by atoms with Crippen LogP contribution in [0.15, 0.2) is 29.1 Å². The molecule has 1 aliphatic rings.